The van der Waals surface area contributed by atoms with Gasteiger partial charge in [-0.2, -0.15) is 0 Å². The van der Waals surface area contributed by atoms with Crippen LogP contribution >= 0.6 is 0 Å². The number of esters is 1. The predicted octanol–water partition coefficient (Wildman–Crippen LogP) is 5.01. The number of carbonyl (C=O) groups is 2. The van der Waals surface area contributed by atoms with Crippen molar-refractivity contribution in [3.63, 3.8) is 0 Å². The van der Waals surface area contributed by atoms with Crippen LogP contribution in [0.1, 0.15) is 63.5 Å². The van der Waals surface area contributed by atoms with Crippen molar-refractivity contribution in [1.29, 1.82) is 0 Å². The highest BCUT2D eigenvalue weighted by Gasteiger charge is 2.46. The van der Waals surface area contributed by atoms with Crippen LogP contribution in [0.25, 0.3) is 0 Å². The lowest BCUT2D eigenvalue weighted by Gasteiger charge is -2.35. The molecule has 1 N–H and O–H groups in total. The summed E-state index contributed by atoms with van der Waals surface area (Å²) >= 11 is 0. The Morgan fingerprint density at radius 2 is 1.47 bits per heavy atom. The first-order valence-electron chi connectivity index (χ1n) is 11.2. The van der Waals surface area contributed by atoms with E-state index in [1.54, 1.807) is 0 Å². The Morgan fingerprint density at radius 1 is 0.933 bits per heavy atom. The molecule has 2 aromatic rings. The topological polar surface area (TPSA) is 55.4 Å². The Morgan fingerprint density at radius 3 is 1.93 bits per heavy atom. The first-order chi connectivity index (χ1) is 14.6. The molecule has 0 aliphatic heterocycles. The number of benzene rings is 2. The monoisotopic (exact) mass is 407 g/mol. The quantitative estimate of drug-likeness (QED) is 0.594. The van der Waals surface area contributed by atoms with Gasteiger partial charge in [0.15, 0.2) is 0 Å². The number of hydrogen-bond acceptors (Lipinski definition) is 3. The maximum atomic E-state index is 13.9. The Kier molecular flexibility index (Phi) is 7.30. The Hall–Kier alpha value is -2.62. The fraction of sp³-hybridized carbons (Fsp3) is 0.462. The van der Waals surface area contributed by atoms with Crippen molar-refractivity contribution < 1.29 is 14.3 Å². The summed E-state index contributed by atoms with van der Waals surface area (Å²) in [6.45, 7) is 4.62. The summed E-state index contributed by atoms with van der Waals surface area (Å²) in [6, 6.07) is 20.0. The molecule has 0 spiro atoms. The molecule has 1 aliphatic carbocycles. The lowest BCUT2D eigenvalue weighted by Crippen LogP contribution is -2.50. The van der Waals surface area contributed by atoms with Crippen molar-refractivity contribution in [3.05, 3.63) is 71.8 Å². The molecule has 0 heterocycles. The molecule has 1 amide bonds. The molecule has 0 unspecified atom stereocenters. The highest BCUT2D eigenvalue weighted by molar-refractivity contribution is 5.92. The lowest BCUT2D eigenvalue weighted by atomic mass is 9.70. The normalized spacial score (nSPS) is 15.5. The van der Waals surface area contributed by atoms with Crippen LogP contribution < -0.4 is 5.32 Å². The van der Waals surface area contributed by atoms with Gasteiger partial charge in [0, 0.05) is 6.54 Å². The van der Waals surface area contributed by atoms with Gasteiger partial charge in [-0.1, -0.05) is 86.8 Å². The zero-order chi connectivity index (χ0) is 21.5. The number of hydrogen-bond donors (Lipinski definition) is 1. The SMILES string of the molecule is CCCC(C(=O)NCC1(C(=O)OCC)CCCC1)(c1ccccc1)c1ccccc1. The van der Waals surface area contributed by atoms with Crippen LogP contribution in [-0.2, 0) is 19.7 Å². The van der Waals surface area contributed by atoms with Gasteiger partial charge in [-0.05, 0) is 37.3 Å². The fourth-order valence-electron chi connectivity index (χ4n) is 4.84. The molecule has 3 rings (SSSR count). The predicted molar refractivity (Wildman–Crippen MR) is 119 cm³/mol. The van der Waals surface area contributed by atoms with Crippen LogP contribution in [-0.4, -0.2) is 25.0 Å². The third-order valence-corrected chi connectivity index (χ3v) is 6.40. The summed E-state index contributed by atoms with van der Waals surface area (Å²) in [7, 11) is 0. The van der Waals surface area contributed by atoms with E-state index in [9.17, 15) is 9.59 Å². The Labute approximate surface area is 180 Å². The lowest BCUT2D eigenvalue weighted by molar-refractivity contribution is -0.155. The Balaban J connectivity index is 1.95. The van der Waals surface area contributed by atoms with Crippen LogP contribution in [0.2, 0.25) is 0 Å². The highest BCUT2D eigenvalue weighted by Crippen LogP contribution is 2.41. The maximum absolute atomic E-state index is 13.9. The first-order valence-corrected chi connectivity index (χ1v) is 11.2. The summed E-state index contributed by atoms with van der Waals surface area (Å²) in [5.74, 6) is -0.222. The minimum atomic E-state index is -0.786. The molecule has 1 saturated carbocycles. The average molecular weight is 408 g/mol. The van der Waals surface area contributed by atoms with Gasteiger partial charge < -0.3 is 10.1 Å². The van der Waals surface area contributed by atoms with Crippen molar-refractivity contribution in [2.75, 3.05) is 13.2 Å². The number of nitrogens with one attached hydrogen (secondary N) is 1. The average Bonchev–Trinajstić information content (AvgIpc) is 3.27. The van der Waals surface area contributed by atoms with Crippen LogP contribution in [0.15, 0.2) is 60.7 Å². The van der Waals surface area contributed by atoms with Crippen LogP contribution in [0, 0.1) is 5.41 Å². The molecule has 0 atom stereocenters. The second-order valence-corrected chi connectivity index (χ2v) is 8.28. The molecule has 160 valence electrons. The van der Waals surface area contributed by atoms with Gasteiger partial charge in [0.1, 0.15) is 0 Å². The smallest absolute Gasteiger partial charge is 0.313 e. The van der Waals surface area contributed by atoms with Crippen LogP contribution in [0.5, 0.6) is 0 Å². The van der Waals surface area contributed by atoms with E-state index < -0.39 is 10.8 Å². The summed E-state index contributed by atoms with van der Waals surface area (Å²) in [4.78, 5) is 26.6. The van der Waals surface area contributed by atoms with E-state index in [2.05, 4.69) is 12.2 Å². The fourth-order valence-corrected chi connectivity index (χ4v) is 4.84. The standard InChI is InChI=1S/C26H33NO3/c1-3-17-26(21-13-7-5-8-14-21,22-15-9-6-10-16-22)23(28)27-20-25(18-11-12-19-25)24(29)30-4-2/h5-10,13-16H,3-4,11-12,17-20H2,1-2H3,(H,27,28). The largest absolute Gasteiger partial charge is 0.466 e. The van der Waals surface area contributed by atoms with Crippen molar-refractivity contribution in [2.24, 2.45) is 5.41 Å². The van der Waals surface area contributed by atoms with Gasteiger partial charge in [0.05, 0.1) is 17.4 Å². The van der Waals surface area contributed by atoms with E-state index in [1.165, 1.54) is 0 Å². The molecule has 1 fully saturated rings. The number of ether oxygens (including phenoxy) is 1. The van der Waals surface area contributed by atoms with Gasteiger partial charge in [0.25, 0.3) is 0 Å². The maximum Gasteiger partial charge on any atom is 0.313 e. The molecule has 4 nitrogen and oxygen atoms in total. The second kappa shape index (κ2) is 9.92. The van der Waals surface area contributed by atoms with Gasteiger partial charge in [-0.3, -0.25) is 9.59 Å². The second-order valence-electron chi connectivity index (χ2n) is 8.28. The molecule has 0 aromatic heterocycles. The minimum absolute atomic E-state index is 0.0441. The molecular weight excluding hydrogens is 374 g/mol. The molecule has 2 aromatic carbocycles. The molecule has 0 radical (unpaired) electrons. The summed E-state index contributed by atoms with van der Waals surface area (Å²) in [5.41, 5.74) is 0.572. The number of amides is 1. The van der Waals surface area contributed by atoms with Gasteiger partial charge in [-0.25, -0.2) is 0 Å². The van der Waals surface area contributed by atoms with E-state index in [0.717, 1.165) is 43.2 Å². The van der Waals surface area contributed by atoms with Gasteiger partial charge in [-0.15, -0.1) is 0 Å². The Bertz CT molecular complexity index is 786. The first kappa shape index (κ1) is 22.1. The molecule has 4 heteroatoms. The van der Waals surface area contributed by atoms with Gasteiger partial charge >= 0.3 is 5.97 Å². The van der Waals surface area contributed by atoms with E-state index >= 15 is 0 Å². The number of rotatable bonds is 9. The summed E-state index contributed by atoms with van der Waals surface area (Å²) < 4.78 is 5.37. The van der Waals surface area contributed by atoms with Crippen molar-refractivity contribution in [2.45, 2.75) is 57.8 Å². The molecule has 0 saturated heterocycles. The van der Waals surface area contributed by atoms with Gasteiger partial charge in [0.2, 0.25) is 5.91 Å². The van der Waals surface area contributed by atoms with Crippen molar-refractivity contribution >= 4 is 11.9 Å². The summed E-state index contributed by atoms with van der Waals surface area (Å²) in [5, 5.41) is 3.19. The van der Waals surface area contributed by atoms with Crippen LogP contribution in [0.4, 0.5) is 0 Å². The zero-order valence-corrected chi connectivity index (χ0v) is 18.2. The highest BCUT2D eigenvalue weighted by atomic mass is 16.5. The molecule has 0 bridgehead atoms. The number of carbonyl (C=O) groups excluding carboxylic acids is 2. The summed E-state index contributed by atoms with van der Waals surface area (Å²) in [6.07, 6.45) is 5.07. The van der Waals surface area contributed by atoms with E-state index in [0.29, 0.717) is 19.6 Å². The molecular formula is C26H33NO3. The minimum Gasteiger partial charge on any atom is -0.466 e. The van der Waals surface area contributed by atoms with E-state index in [4.69, 9.17) is 4.74 Å². The third-order valence-electron chi connectivity index (χ3n) is 6.40. The molecule has 1 aliphatic rings. The third kappa shape index (κ3) is 4.28. The molecule has 30 heavy (non-hydrogen) atoms. The van der Waals surface area contributed by atoms with Crippen molar-refractivity contribution in [3.8, 4) is 0 Å². The van der Waals surface area contributed by atoms with Crippen molar-refractivity contribution in [1.82, 2.24) is 5.32 Å². The van der Waals surface area contributed by atoms with E-state index in [-0.39, 0.29) is 11.9 Å². The van der Waals surface area contributed by atoms with E-state index in [1.807, 2.05) is 67.6 Å². The van der Waals surface area contributed by atoms with Crippen LogP contribution in [0.3, 0.4) is 0 Å². The zero-order valence-electron chi connectivity index (χ0n) is 18.2.